The van der Waals surface area contributed by atoms with Gasteiger partial charge in [-0.15, -0.1) is 0 Å². The number of carbonyl (C=O) groups is 2. The Morgan fingerprint density at radius 1 is 1.03 bits per heavy atom. The Labute approximate surface area is 173 Å². The number of halogens is 3. The van der Waals surface area contributed by atoms with E-state index in [1.54, 1.807) is 39.0 Å². The number of nitrogens with one attached hydrogen (secondary N) is 1. The molecule has 162 valence electrons. The number of ether oxygens (including phenoxy) is 1. The van der Waals surface area contributed by atoms with E-state index < -0.39 is 35.7 Å². The molecule has 30 heavy (non-hydrogen) atoms. The Morgan fingerprint density at radius 2 is 1.63 bits per heavy atom. The average Bonchev–Trinajstić information content (AvgIpc) is 2.65. The number of benzene rings is 1. The number of carbonyl (C=O) groups excluding carboxylic acids is 2. The van der Waals surface area contributed by atoms with Crippen molar-refractivity contribution < 1.29 is 27.5 Å². The smallest absolute Gasteiger partial charge is 0.408 e. The van der Waals surface area contributed by atoms with Gasteiger partial charge in [0.1, 0.15) is 11.4 Å². The van der Waals surface area contributed by atoms with E-state index >= 15 is 0 Å². The van der Waals surface area contributed by atoms with Crippen LogP contribution in [0.2, 0.25) is 0 Å². The fourth-order valence-corrected chi connectivity index (χ4v) is 2.80. The molecule has 2 atom stereocenters. The van der Waals surface area contributed by atoms with Crippen LogP contribution in [0.1, 0.15) is 32.4 Å². The number of nitrogens with zero attached hydrogens (tertiary/aromatic N) is 2. The molecule has 0 bridgehead atoms. The number of alkyl carbamates (subject to hydrolysis) is 1. The highest BCUT2D eigenvalue weighted by molar-refractivity contribution is 5.95. The third-order valence-corrected chi connectivity index (χ3v) is 4.11. The molecule has 0 radical (unpaired) electrons. The molecule has 0 saturated heterocycles. The number of alkyl halides is 3. The van der Waals surface area contributed by atoms with Crippen LogP contribution in [-0.2, 0) is 9.53 Å². The number of hydrogen-bond donors (Lipinski definition) is 1. The minimum Gasteiger partial charge on any atom is -0.444 e. The Hall–Kier alpha value is -3.10. The number of anilines is 1. The summed E-state index contributed by atoms with van der Waals surface area (Å²) in [6, 6.07) is 10.4. The largest absolute Gasteiger partial charge is 0.444 e. The third kappa shape index (κ3) is 6.20. The quantitative estimate of drug-likeness (QED) is 0.769. The van der Waals surface area contributed by atoms with Gasteiger partial charge in [-0.3, -0.25) is 9.69 Å². The topological polar surface area (TPSA) is 71.5 Å². The van der Waals surface area contributed by atoms with Gasteiger partial charge in [0, 0.05) is 13.2 Å². The summed E-state index contributed by atoms with van der Waals surface area (Å²) in [5.74, 6) is -3.76. The van der Waals surface area contributed by atoms with Crippen LogP contribution in [-0.4, -0.2) is 35.8 Å². The van der Waals surface area contributed by atoms with Gasteiger partial charge in [0.2, 0.25) is 5.91 Å². The first-order chi connectivity index (χ1) is 13.9. The highest BCUT2D eigenvalue weighted by Crippen LogP contribution is 2.38. The van der Waals surface area contributed by atoms with Gasteiger partial charge in [0.15, 0.2) is 5.92 Å². The van der Waals surface area contributed by atoms with Crippen molar-refractivity contribution in [2.24, 2.45) is 5.92 Å². The van der Waals surface area contributed by atoms with Crippen molar-refractivity contribution in [2.45, 2.75) is 38.6 Å². The molecule has 2 amide bonds. The lowest BCUT2D eigenvalue weighted by molar-refractivity contribution is -0.187. The summed E-state index contributed by atoms with van der Waals surface area (Å²) in [4.78, 5) is 30.0. The number of rotatable bonds is 5. The van der Waals surface area contributed by atoms with Gasteiger partial charge >= 0.3 is 12.3 Å². The molecule has 0 spiro atoms. The fraction of sp³-hybridized carbons (Fsp3) is 0.381. The van der Waals surface area contributed by atoms with E-state index in [9.17, 15) is 22.8 Å². The van der Waals surface area contributed by atoms with Crippen LogP contribution in [0.5, 0.6) is 0 Å². The molecule has 9 heteroatoms. The van der Waals surface area contributed by atoms with Crippen LogP contribution >= 0.6 is 0 Å². The monoisotopic (exact) mass is 423 g/mol. The molecular weight excluding hydrogens is 399 g/mol. The van der Waals surface area contributed by atoms with Crippen molar-refractivity contribution in [2.75, 3.05) is 11.9 Å². The Bertz CT molecular complexity index is 853. The summed E-state index contributed by atoms with van der Waals surface area (Å²) in [5, 5.41) is 2.23. The van der Waals surface area contributed by atoms with Crippen molar-refractivity contribution in [1.29, 1.82) is 0 Å². The van der Waals surface area contributed by atoms with Crippen molar-refractivity contribution in [3.05, 3.63) is 60.3 Å². The maximum Gasteiger partial charge on any atom is 0.408 e. The van der Waals surface area contributed by atoms with Crippen molar-refractivity contribution >= 4 is 17.8 Å². The molecule has 0 saturated carbocycles. The molecule has 1 aromatic carbocycles. The third-order valence-electron chi connectivity index (χ3n) is 4.11. The minimum atomic E-state index is -4.95. The average molecular weight is 423 g/mol. The summed E-state index contributed by atoms with van der Waals surface area (Å²) < 4.78 is 47.5. The lowest BCUT2D eigenvalue weighted by Crippen LogP contribution is -2.49. The van der Waals surface area contributed by atoms with Crippen LogP contribution in [0.3, 0.4) is 0 Å². The van der Waals surface area contributed by atoms with Gasteiger partial charge in [0.25, 0.3) is 0 Å². The van der Waals surface area contributed by atoms with E-state index in [2.05, 4.69) is 10.3 Å². The van der Waals surface area contributed by atoms with Crippen molar-refractivity contribution in [3.63, 3.8) is 0 Å². The molecule has 2 aromatic rings. The van der Waals surface area contributed by atoms with Crippen LogP contribution in [0.25, 0.3) is 0 Å². The van der Waals surface area contributed by atoms with Gasteiger partial charge in [0.05, 0.1) is 6.04 Å². The maximum absolute atomic E-state index is 14.1. The minimum absolute atomic E-state index is 0.0563. The lowest BCUT2D eigenvalue weighted by Gasteiger charge is -2.32. The second-order valence-corrected chi connectivity index (χ2v) is 7.64. The Kier molecular flexibility index (Phi) is 7.07. The first kappa shape index (κ1) is 23.2. The first-order valence-electron chi connectivity index (χ1n) is 9.20. The second kappa shape index (κ2) is 9.15. The molecule has 0 aliphatic heterocycles. The molecule has 0 unspecified atom stereocenters. The maximum atomic E-state index is 14.1. The molecule has 0 aliphatic carbocycles. The van der Waals surface area contributed by atoms with E-state index in [1.165, 1.54) is 43.6 Å². The summed E-state index contributed by atoms with van der Waals surface area (Å²) in [5.41, 5.74) is -0.804. The second-order valence-electron chi connectivity index (χ2n) is 7.64. The van der Waals surface area contributed by atoms with E-state index in [4.69, 9.17) is 4.74 Å². The van der Waals surface area contributed by atoms with Crippen molar-refractivity contribution in [3.8, 4) is 0 Å². The van der Waals surface area contributed by atoms with E-state index in [-0.39, 0.29) is 11.4 Å². The summed E-state index contributed by atoms with van der Waals surface area (Å²) in [7, 11) is 1.21. The fourth-order valence-electron chi connectivity index (χ4n) is 2.80. The number of amides is 2. The highest BCUT2D eigenvalue weighted by Gasteiger charge is 2.52. The van der Waals surface area contributed by atoms with Gasteiger partial charge in [-0.05, 0) is 38.5 Å². The predicted octanol–water partition coefficient (Wildman–Crippen LogP) is 4.49. The molecule has 1 heterocycles. The summed E-state index contributed by atoms with van der Waals surface area (Å²) >= 11 is 0. The van der Waals surface area contributed by atoms with E-state index in [0.717, 1.165) is 4.90 Å². The molecular formula is C21H24F3N3O3. The molecule has 6 nitrogen and oxygen atoms in total. The summed E-state index contributed by atoms with van der Waals surface area (Å²) in [6.07, 6.45) is -4.63. The molecule has 2 rings (SSSR count). The number of hydrogen-bond acceptors (Lipinski definition) is 4. The van der Waals surface area contributed by atoms with E-state index in [1.807, 2.05) is 0 Å². The molecule has 0 aliphatic rings. The van der Waals surface area contributed by atoms with Gasteiger partial charge < -0.3 is 10.1 Å². The van der Waals surface area contributed by atoms with Gasteiger partial charge in [-0.25, -0.2) is 9.78 Å². The standard InChI is InChI=1S/C21H24F3N3O3/c1-20(2,3)30-19(29)26-17(14-10-6-5-7-11-14)16(21(22,23)24)18(28)27(4)15-12-8-9-13-25-15/h5-13,16-17H,1-4H3,(H,26,29)/t16-,17+/m0/s1. The van der Waals surface area contributed by atoms with Crippen LogP contribution in [0, 0.1) is 5.92 Å². The first-order valence-corrected chi connectivity index (χ1v) is 9.20. The van der Waals surface area contributed by atoms with Crippen LogP contribution in [0.15, 0.2) is 54.7 Å². The molecule has 1 N–H and O–H groups in total. The van der Waals surface area contributed by atoms with Gasteiger partial charge in [-0.2, -0.15) is 13.2 Å². The molecule has 0 fully saturated rings. The Balaban J connectivity index is 2.46. The zero-order valence-corrected chi connectivity index (χ0v) is 17.1. The normalized spacial score (nSPS) is 13.8. The number of pyridine rings is 1. The zero-order chi connectivity index (χ0) is 22.5. The number of aromatic nitrogens is 1. The van der Waals surface area contributed by atoms with E-state index in [0.29, 0.717) is 0 Å². The van der Waals surface area contributed by atoms with Gasteiger partial charge in [-0.1, -0.05) is 36.4 Å². The predicted molar refractivity (Wildman–Crippen MR) is 106 cm³/mol. The lowest BCUT2D eigenvalue weighted by atomic mass is 9.91. The summed E-state index contributed by atoms with van der Waals surface area (Å²) in [6.45, 7) is 4.77. The van der Waals surface area contributed by atoms with Crippen LogP contribution < -0.4 is 10.2 Å². The van der Waals surface area contributed by atoms with Crippen molar-refractivity contribution in [1.82, 2.24) is 10.3 Å². The SMILES string of the molecule is CN(C(=O)[C@H]([C@H](NC(=O)OC(C)(C)C)c1ccccc1)C(F)(F)F)c1ccccn1. The zero-order valence-electron chi connectivity index (χ0n) is 17.1. The Morgan fingerprint density at radius 3 is 2.13 bits per heavy atom. The molecule has 1 aromatic heterocycles. The highest BCUT2D eigenvalue weighted by atomic mass is 19.4. The van der Waals surface area contributed by atoms with Crippen LogP contribution in [0.4, 0.5) is 23.8 Å².